The molecule has 0 bridgehead atoms. The molecule has 2 aliphatic heterocycles. The number of hydrogen-bond donors (Lipinski definition) is 2. The first-order valence-corrected chi connectivity index (χ1v) is 12.7. The van der Waals surface area contributed by atoms with E-state index in [1.165, 1.54) is 36.6 Å². The molecule has 2 heterocycles. The zero-order valence-electron chi connectivity index (χ0n) is 19.8. The number of benzene rings is 2. The predicted octanol–water partition coefficient (Wildman–Crippen LogP) is 4.02. The van der Waals surface area contributed by atoms with Crippen molar-refractivity contribution in [3.8, 4) is 11.8 Å². The van der Waals surface area contributed by atoms with Crippen LogP contribution in [-0.2, 0) is 15.9 Å². The Hall–Kier alpha value is -2.72. The molecule has 2 saturated heterocycles. The Bertz CT molecular complexity index is 1090. The smallest absolute Gasteiger partial charge is 0.251 e. The molecule has 5 nitrogen and oxygen atoms in total. The highest BCUT2D eigenvalue weighted by Gasteiger charge is 2.42. The molecule has 0 aromatic heterocycles. The first-order chi connectivity index (χ1) is 17.1. The van der Waals surface area contributed by atoms with E-state index in [4.69, 9.17) is 9.47 Å². The Morgan fingerprint density at radius 1 is 1.06 bits per heavy atom. The number of carbonyl (C=O) groups is 1. The Morgan fingerprint density at radius 2 is 1.89 bits per heavy atom. The van der Waals surface area contributed by atoms with Crippen LogP contribution in [0.15, 0.2) is 48.5 Å². The minimum Gasteiger partial charge on any atom is -0.394 e. The van der Waals surface area contributed by atoms with Gasteiger partial charge in [0.2, 0.25) is 0 Å². The molecule has 3 aliphatic rings. The number of amides is 1. The summed E-state index contributed by atoms with van der Waals surface area (Å²) in [7, 11) is 0. The third-order valence-electron chi connectivity index (χ3n) is 7.12. The fraction of sp³-hybridized carbons (Fsp3) is 0.483. The van der Waals surface area contributed by atoms with E-state index in [0.29, 0.717) is 12.3 Å². The van der Waals surface area contributed by atoms with Gasteiger partial charge >= 0.3 is 0 Å². The lowest BCUT2D eigenvalue weighted by Gasteiger charge is -2.45. The molecule has 2 aromatic rings. The summed E-state index contributed by atoms with van der Waals surface area (Å²) in [5.41, 5.74) is 2.52. The Kier molecular flexibility index (Phi) is 7.48. The van der Waals surface area contributed by atoms with Gasteiger partial charge in [0.05, 0.1) is 37.1 Å². The number of aryl methyl sites for hydroxylation is 1. The van der Waals surface area contributed by atoms with Crippen molar-refractivity contribution in [2.75, 3.05) is 6.61 Å². The van der Waals surface area contributed by atoms with Crippen LogP contribution in [0.25, 0.3) is 0 Å². The predicted molar refractivity (Wildman–Crippen MR) is 130 cm³/mol. The van der Waals surface area contributed by atoms with Crippen molar-refractivity contribution in [1.29, 1.82) is 0 Å². The van der Waals surface area contributed by atoms with Crippen molar-refractivity contribution in [2.45, 2.75) is 75.4 Å². The number of nitrogens with one attached hydrogen (secondary N) is 1. The molecule has 0 spiro atoms. The van der Waals surface area contributed by atoms with Crippen LogP contribution < -0.4 is 5.32 Å². The van der Waals surface area contributed by atoms with E-state index in [1.54, 1.807) is 6.07 Å². The number of halogens is 1. The summed E-state index contributed by atoms with van der Waals surface area (Å²) >= 11 is 0. The highest BCUT2D eigenvalue weighted by atomic mass is 19.1. The van der Waals surface area contributed by atoms with E-state index < -0.39 is 5.82 Å². The molecule has 3 fully saturated rings. The van der Waals surface area contributed by atoms with E-state index >= 15 is 0 Å². The number of carbonyl (C=O) groups excluding carboxylic acids is 1. The van der Waals surface area contributed by atoms with Gasteiger partial charge in [0.1, 0.15) is 5.82 Å². The molecule has 6 heteroatoms. The Balaban J connectivity index is 1.25. The average Bonchev–Trinajstić information content (AvgIpc) is 3.71. The van der Waals surface area contributed by atoms with Gasteiger partial charge in [-0.25, -0.2) is 4.39 Å². The maximum absolute atomic E-state index is 13.7. The zero-order chi connectivity index (χ0) is 24.2. The van der Waals surface area contributed by atoms with Gasteiger partial charge in [0, 0.05) is 17.0 Å². The molecule has 1 aliphatic carbocycles. The van der Waals surface area contributed by atoms with Crippen LogP contribution >= 0.6 is 0 Å². The summed E-state index contributed by atoms with van der Waals surface area (Å²) in [5.74, 6) is 6.35. The topological polar surface area (TPSA) is 67.8 Å². The van der Waals surface area contributed by atoms with Gasteiger partial charge in [0.15, 0.2) is 0 Å². The van der Waals surface area contributed by atoms with E-state index in [1.807, 2.05) is 0 Å². The number of aliphatic hydroxyl groups is 1. The fourth-order valence-electron chi connectivity index (χ4n) is 4.94. The normalized spacial score (nSPS) is 27.9. The van der Waals surface area contributed by atoms with E-state index in [-0.39, 0.29) is 48.5 Å². The van der Waals surface area contributed by atoms with Crippen LogP contribution in [-0.4, -0.2) is 48.1 Å². The van der Waals surface area contributed by atoms with Crippen molar-refractivity contribution in [2.24, 2.45) is 5.92 Å². The molecule has 184 valence electrons. The SMILES string of the molecule is O=C(N[C@H]1C[C@@H]2O[C@@H](CO)CC[C@@H]2O[C@@H]1CCc1ccc(C#CC2CC2)cc1)c1cccc(F)c1. The first kappa shape index (κ1) is 24.0. The summed E-state index contributed by atoms with van der Waals surface area (Å²) in [4.78, 5) is 12.9. The molecule has 1 amide bonds. The molecule has 1 saturated carbocycles. The van der Waals surface area contributed by atoms with Gasteiger partial charge in [-0.1, -0.05) is 30.0 Å². The summed E-state index contributed by atoms with van der Waals surface area (Å²) in [6.45, 7) is -0.0198. The van der Waals surface area contributed by atoms with Gasteiger partial charge in [-0.15, -0.1) is 0 Å². The lowest BCUT2D eigenvalue weighted by Crippen LogP contribution is -2.57. The van der Waals surface area contributed by atoms with Gasteiger partial charge < -0.3 is 19.9 Å². The lowest BCUT2D eigenvalue weighted by atomic mass is 9.88. The maximum atomic E-state index is 13.7. The van der Waals surface area contributed by atoms with E-state index in [9.17, 15) is 14.3 Å². The van der Waals surface area contributed by atoms with Crippen LogP contribution in [0.5, 0.6) is 0 Å². The Morgan fingerprint density at radius 3 is 2.63 bits per heavy atom. The van der Waals surface area contributed by atoms with E-state index in [0.717, 1.165) is 31.2 Å². The summed E-state index contributed by atoms with van der Waals surface area (Å²) in [6.07, 6.45) is 5.56. The lowest BCUT2D eigenvalue weighted by molar-refractivity contribution is -0.201. The maximum Gasteiger partial charge on any atom is 0.251 e. The van der Waals surface area contributed by atoms with E-state index in [2.05, 4.69) is 41.4 Å². The van der Waals surface area contributed by atoms with Crippen molar-refractivity contribution in [3.05, 3.63) is 71.0 Å². The second-order valence-corrected chi connectivity index (χ2v) is 9.87. The number of aliphatic hydroxyl groups excluding tert-OH is 1. The molecule has 0 radical (unpaired) electrons. The molecule has 35 heavy (non-hydrogen) atoms. The quantitative estimate of drug-likeness (QED) is 0.617. The summed E-state index contributed by atoms with van der Waals surface area (Å²) in [6, 6.07) is 13.8. The number of rotatable bonds is 6. The molecule has 2 aromatic carbocycles. The minimum absolute atomic E-state index is 0.0198. The number of fused-ring (bicyclic) bond motifs is 1. The molecule has 2 N–H and O–H groups in total. The zero-order valence-corrected chi connectivity index (χ0v) is 19.8. The van der Waals surface area contributed by atoms with Crippen LogP contribution in [0, 0.1) is 23.6 Å². The van der Waals surface area contributed by atoms with Crippen LogP contribution in [0.1, 0.15) is 60.0 Å². The molecule has 5 atom stereocenters. The van der Waals surface area contributed by atoms with Crippen LogP contribution in [0.4, 0.5) is 4.39 Å². The third-order valence-corrected chi connectivity index (χ3v) is 7.12. The van der Waals surface area contributed by atoms with Crippen molar-refractivity contribution >= 4 is 5.91 Å². The highest BCUT2D eigenvalue weighted by molar-refractivity contribution is 5.94. The minimum atomic E-state index is -0.444. The monoisotopic (exact) mass is 477 g/mol. The largest absolute Gasteiger partial charge is 0.394 e. The van der Waals surface area contributed by atoms with Crippen LogP contribution in [0.3, 0.4) is 0 Å². The Labute approximate surface area is 206 Å². The first-order valence-electron chi connectivity index (χ1n) is 12.7. The van der Waals surface area contributed by atoms with Crippen molar-refractivity contribution in [1.82, 2.24) is 5.32 Å². The van der Waals surface area contributed by atoms with Gasteiger partial charge in [-0.2, -0.15) is 0 Å². The van der Waals surface area contributed by atoms with Crippen molar-refractivity contribution < 1.29 is 23.8 Å². The van der Waals surface area contributed by atoms with Gasteiger partial charge in [-0.3, -0.25) is 4.79 Å². The molecule has 5 rings (SSSR count). The molecular formula is C29H32FNO4. The van der Waals surface area contributed by atoms with Crippen LogP contribution in [0.2, 0.25) is 0 Å². The van der Waals surface area contributed by atoms with Crippen molar-refractivity contribution in [3.63, 3.8) is 0 Å². The molecular weight excluding hydrogens is 445 g/mol. The van der Waals surface area contributed by atoms with Gasteiger partial charge in [0.25, 0.3) is 5.91 Å². The highest BCUT2D eigenvalue weighted by Crippen LogP contribution is 2.33. The average molecular weight is 478 g/mol. The standard InChI is InChI=1S/C29H32FNO4/c30-23-3-1-2-22(16-23)29(33)31-25-17-28-27(15-13-24(18-32)34-28)35-26(25)14-12-21-10-8-20(9-11-21)7-6-19-4-5-19/h1-3,8-11,16,19,24-28,32H,4-5,12-15,17-18H2,(H,31,33)/t24-,25+,26-,27+,28+/m1/s1. The summed E-state index contributed by atoms with van der Waals surface area (Å²) in [5, 5.41) is 12.6. The molecule has 0 unspecified atom stereocenters. The third kappa shape index (κ3) is 6.29. The number of ether oxygens (including phenoxy) is 2. The van der Waals surface area contributed by atoms with Gasteiger partial charge in [-0.05, 0) is 80.8 Å². The summed E-state index contributed by atoms with van der Waals surface area (Å²) < 4.78 is 26.2. The number of hydrogen-bond acceptors (Lipinski definition) is 4. The second-order valence-electron chi connectivity index (χ2n) is 9.87. The second kappa shape index (κ2) is 10.9. The fourth-order valence-corrected chi connectivity index (χ4v) is 4.94.